The standard InChI is InChI=1S/C17H27ClN2O3/c1-13(14-3-5-15(18)6-4-14)23-12-16(21)9-19-10-17-11-20(2)7-8-22-17/h3-6,13,16-17,19,21H,7-12H2,1-2H3/t13-,16+,17+/m0/s1. The van der Waals surface area contributed by atoms with Crippen molar-refractivity contribution in [2.24, 2.45) is 0 Å². The molecule has 1 aliphatic rings. The van der Waals surface area contributed by atoms with Crippen molar-refractivity contribution in [2.45, 2.75) is 25.2 Å². The number of nitrogens with one attached hydrogen (secondary N) is 1. The number of aliphatic hydroxyl groups excluding tert-OH is 1. The summed E-state index contributed by atoms with van der Waals surface area (Å²) in [4.78, 5) is 2.25. The quantitative estimate of drug-likeness (QED) is 0.753. The lowest BCUT2D eigenvalue weighted by molar-refractivity contribution is -0.0240. The number of ether oxygens (including phenoxy) is 2. The minimum absolute atomic E-state index is 0.0720. The summed E-state index contributed by atoms with van der Waals surface area (Å²) in [5.41, 5.74) is 1.05. The highest BCUT2D eigenvalue weighted by molar-refractivity contribution is 6.30. The zero-order valence-electron chi connectivity index (χ0n) is 13.9. The number of benzene rings is 1. The number of rotatable bonds is 8. The van der Waals surface area contributed by atoms with Crippen LogP contribution in [0.2, 0.25) is 5.02 Å². The second kappa shape index (κ2) is 9.57. The summed E-state index contributed by atoms with van der Waals surface area (Å²) < 4.78 is 11.4. The molecule has 1 aromatic carbocycles. The Bertz CT molecular complexity index is 458. The van der Waals surface area contributed by atoms with Gasteiger partial charge in [0.05, 0.1) is 31.5 Å². The lowest BCUT2D eigenvalue weighted by atomic mass is 10.1. The summed E-state index contributed by atoms with van der Waals surface area (Å²) in [7, 11) is 2.09. The molecule has 1 saturated heterocycles. The molecule has 0 saturated carbocycles. The van der Waals surface area contributed by atoms with E-state index in [0.29, 0.717) is 18.2 Å². The van der Waals surface area contributed by atoms with Crippen LogP contribution in [0.1, 0.15) is 18.6 Å². The van der Waals surface area contributed by atoms with Gasteiger partial charge in [-0.3, -0.25) is 0 Å². The van der Waals surface area contributed by atoms with Gasteiger partial charge in [0.2, 0.25) is 0 Å². The van der Waals surface area contributed by atoms with E-state index in [1.54, 1.807) is 0 Å². The Morgan fingerprint density at radius 3 is 2.87 bits per heavy atom. The third-order valence-electron chi connectivity index (χ3n) is 3.97. The molecule has 0 spiro atoms. The fourth-order valence-corrected chi connectivity index (χ4v) is 2.67. The molecular formula is C17H27ClN2O3. The van der Waals surface area contributed by atoms with Crippen molar-refractivity contribution in [3.05, 3.63) is 34.9 Å². The van der Waals surface area contributed by atoms with Gasteiger partial charge >= 0.3 is 0 Å². The molecule has 0 bridgehead atoms. The van der Waals surface area contributed by atoms with Gasteiger partial charge in [0.1, 0.15) is 0 Å². The largest absolute Gasteiger partial charge is 0.389 e. The summed E-state index contributed by atoms with van der Waals surface area (Å²) >= 11 is 5.87. The van der Waals surface area contributed by atoms with Crippen LogP contribution in [0.15, 0.2) is 24.3 Å². The maximum atomic E-state index is 10.0. The molecule has 0 amide bonds. The van der Waals surface area contributed by atoms with Crippen molar-refractivity contribution in [3.63, 3.8) is 0 Å². The molecule has 1 aliphatic heterocycles. The van der Waals surface area contributed by atoms with E-state index in [1.807, 2.05) is 31.2 Å². The summed E-state index contributed by atoms with van der Waals surface area (Å²) in [6.45, 7) is 6.18. The average Bonchev–Trinajstić information content (AvgIpc) is 2.53. The minimum Gasteiger partial charge on any atom is -0.389 e. The molecular weight excluding hydrogens is 316 g/mol. The summed E-state index contributed by atoms with van der Waals surface area (Å²) in [6.07, 6.45) is -0.418. The fraction of sp³-hybridized carbons (Fsp3) is 0.647. The average molecular weight is 343 g/mol. The topological polar surface area (TPSA) is 54.0 Å². The number of nitrogens with zero attached hydrogens (tertiary/aromatic N) is 1. The Kier molecular flexibility index (Phi) is 7.76. The zero-order chi connectivity index (χ0) is 16.7. The van der Waals surface area contributed by atoms with E-state index in [0.717, 1.165) is 31.8 Å². The molecule has 6 heteroatoms. The summed E-state index contributed by atoms with van der Waals surface area (Å²) in [5, 5.41) is 14.0. The third kappa shape index (κ3) is 6.75. The number of aliphatic hydroxyl groups is 1. The van der Waals surface area contributed by atoms with Crippen molar-refractivity contribution < 1.29 is 14.6 Å². The van der Waals surface area contributed by atoms with Gasteiger partial charge in [0, 0.05) is 31.2 Å². The zero-order valence-corrected chi connectivity index (χ0v) is 14.6. The first kappa shape index (κ1) is 18.6. The molecule has 0 unspecified atom stereocenters. The van der Waals surface area contributed by atoms with Gasteiger partial charge in [-0.25, -0.2) is 0 Å². The molecule has 0 radical (unpaired) electrons. The maximum absolute atomic E-state index is 10.0. The van der Waals surface area contributed by atoms with Crippen LogP contribution in [0.3, 0.4) is 0 Å². The normalized spacial score (nSPS) is 22.0. The van der Waals surface area contributed by atoms with Crippen LogP contribution in [0.4, 0.5) is 0 Å². The molecule has 0 aromatic heterocycles. The molecule has 3 atom stereocenters. The van der Waals surface area contributed by atoms with Crippen molar-refractivity contribution in [3.8, 4) is 0 Å². The second-order valence-corrected chi connectivity index (χ2v) is 6.53. The molecule has 5 nitrogen and oxygen atoms in total. The number of morpholine rings is 1. The third-order valence-corrected chi connectivity index (χ3v) is 4.22. The Balaban J connectivity index is 1.61. The summed E-state index contributed by atoms with van der Waals surface area (Å²) in [6, 6.07) is 7.56. The molecule has 1 fully saturated rings. The van der Waals surface area contributed by atoms with Crippen molar-refractivity contribution >= 4 is 11.6 Å². The molecule has 2 rings (SSSR count). The van der Waals surface area contributed by atoms with Gasteiger partial charge in [-0.1, -0.05) is 23.7 Å². The second-order valence-electron chi connectivity index (χ2n) is 6.09. The molecule has 1 aromatic rings. The van der Waals surface area contributed by atoms with Gasteiger partial charge in [-0.15, -0.1) is 0 Å². The SMILES string of the molecule is C[C@H](OC[C@H](O)CNC[C@@H]1CN(C)CCO1)c1ccc(Cl)cc1. The molecule has 130 valence electrons. The van der Waals surface area contributed by atoms with E-state index in [1.165, 1.54) is 0 Å². The highest BCUT2D eigenvalue weighted by Crippen LogP contribution is 2.19. The van der Waals surface area contributed by atoms with Crippen LogP contribution in [0, 0.1) is 0 Å². The first-order valence-corrected chi connectivity index (χ1v) is 8.48. The highest BCUT2D eigenvalue weighted by atomic mass is 35.5. The van der Waals surface area contributed by atoms with Crippen LogP contribution in [-0.4, -0.2) is 68.7 Å². The monoisotopic (exact) mass is 342 g/mol. The van der Waals surface area contributed by atoms with Gasteiger partial charge < -0.3 is 24.8 Å². The number of likely N-dealkylation sites (N-methyl/N-ethyl adjacent to an activating group) is 1. The van der Waals surface area contributed by atoms with Crippen LogP contribution >= 0.6 is 11.6 Å². The smallest absolute Gasteiger partial charge is 0.0897 e. The van der Waals surface area contributed by atoms with E-state index in [9.17, 15) is 5.11 Å². The predicted octanol–water partition coefficient (Wildman–Crippen LogP) is 1.70. The molecule has 23 heavy (non-hydrogen) atoms. The van der Waals surface area contributed by atoms with E-state index < -0.39 is 6.10 Å². The van der Waals surface area contributed by atoms with Crippen LogP contribution < -0.4 is 5.32 Å². The predicted molar refractivity (Wildman–Crippen MR) is 91.9 cm³/mol. The number of halogens is 1. The first-order chi connectivity index (χ1) is 11.0. The van der Waals surface area contributed by atoms with Crippen LogP contribution in [0.25, 0.3) is 0 Å². The lowest BCUT2D eigenvalue weighted by Crippen LogP contribution is -2.46. The van der Waals surface area contributed by atoms with E-state index in [4.69, 9.17) is 21.1 Å². The minimum atomic E-state index is -0.536. The first-order valence-electron chi connectivity index (χ1n) is 8.10. The molecule has 2 N–H and O–H groups in total. The Hall–Kier alpha value is -0.690. The molecule has 1 heterocycles. The Morgan fingerprint density at radius 1 is 1.43 bits per heavy atom. The van der Waals surface area contributed by atoms with Crippen LogP contribution in [-0.2, 0) is 9.47 Å². The van der Waals surface area contributed by atoms with Gasteiger partial charge in [0.15, 0.2) is 0 Å². The number of hydrogen-bond donors (Lipinski definition) is 2. The maximum Gasteiger partial charge on any atom is 0.0897 e. The van der Waals surface area contributed by atoms with Crippen molar-refractivity contribution in [1.29, 1.82) is 0 Å². The van der Waals surface area contributed by atoms with E-state index in [-0.39, 0.29) is 12.2 Å². The number of hydrogen-bond acceptors (Lipinski definition) is 5. The van der Waals surface area contributed by atoms with Crippen molar-refractivity contribution in [1.82, 2.24) is 10.2 Å². The Labute approximate surface area is 143 Å². The van der Waals surface area contributed by atoms with Crippen LogP contribution in [0.5, 0.6) is 0 Å². The molecule has 0 aliphatic carbocycles. The lowest BCUT2D eigenvalue weighted by Gasteiger charge is -2.30. The van der Waals surface area contributed by atoms with Gasteiger partial charge in [-0.05, 0) is 31.7 Å². The Morgan fingerprint density at radius 2 is 2.17 bits per heavy atom. The highest BCUT2D eigenvalue weighted by Gasteiger charge is 2.17. The van der Waals surface area contributed by atoms with E-state index in [2.05, 4.69) is 17.3 Å². The van der Waals surface area contributed by atoms with Gasteiger partial charge in [-0.2, -0.15) is 0 Å². The summed E-state index contributed by atoms with van der Waals surface area (Å²) in [5.74, 6) is 0. The fourth-order valence-electron chi connectivity index (χ4n) is 2.55. The van der Waals surface area contributed by atoms with Crippen molar-refractivity contribution in [2.75, 3.05) is 46.4 Å². The van der Waals surface area contributed by atoms with Gasteiger partial charge in [0.25, 0.3) is 0 Å². The van der Waals surface area contributed by atoms with E-state index >= 15 is 0 Å².